The lowest BCUT2D eigenvalue weighted by Crippen LogP contribution is -2.13. The first-order chi connectivity index (χ1) is 13.4. The van der Waals surface area contributed by atoms with E-state index >= 15 is 0 Å². The van der Waals surface area contributed by atoms with Gasteiger partial charge in [0.2, 0.25) is 0 Å². The molecular formula is C23H19N3O. The van der Waals surface area contributed by atoms with Gasteiger partial charge in [0.05, 0.1) is 13.3 Å². The van der Waals surface area contributed by atoms with Gasteiger partial charge in [-0.05, 0) is 48.0 Å². The number of benzene rings is 3. The highest BCUT2D eigenvalue weighted by molar-refractivity contribution is 5.85. The fourth-order valence-corrected chi connectivity index (χ4v) is 3.05. The maximum atomic E-state index is 5.40. The van der Waals surface area contributed by atoms with Crippen molar-refractivity contribution < 1.29 is 4.74 Å². The molecule has 0 amide bonds. The van der Waals surface area contributed by atoms with Gasteiger partial charge in [-0.3, -0.25) is 4.90 Å². The summed E-state index contributed by atoms with van der Waals surface area (Å²) in [7, 11) is 1.67. The number of hydrogen-bond donors (Lipinski definition) is 0. The lowest BCUT2D eigenvalue weighted by Gasteiger charge is -2.25. The van der Waals surface area contributed by atoms with E-state index in [4.69, 9.17) is 4.74 Å². The summed E-state index contributed by atoms with van der Waals surface area (Å²) in [5.74, 6) is 1.57. The molecule has 0 aliphatic rings. The molecule has 0 N–H and O–H groups in total. The summed E-state index contributed by atoms with van der Waals surface area (Å²) < 4.78 is 5.40. The topological polar surface area (TPSA) is 38.3 Å². The molecule has 0 fully saturated rings. The Kier molecular flexibility index (Phi) is 4.79. The molecular weight excluding hydrogens is 334 g/mol. The fourth-order valence-electron chi connectivity index (χ4n) is 3.05. The Balaban J connectivity index is 1.91. The van der Waals surface area contributed by atoms with Gasteiger partial charge >= 0.3 is 0 Å². The number of aromatic nitrogens is 2. The van der Waals surface area contributed by atoms with Crippen LogP contribution in [0.5, 0.6) is 5.75 Å². The summed E-state index contributed by atoms with van der Waals surface area (Å²) in [5.41, 5.74) is 4.05. The molecule has 1 aromatic heterocycles. The number of anilines is 3. The summed E-state index contributed by atoms with van der Waals surface area (Å²) in [4.78, 5) is 2.11. The van der Waals surface area contributed by atoms with Crippen molar-refractivity contribution in [3.8, 4) is 16.9 Å². The van der Waals surface area contributed by atoms with E-state index in [0.29, 0.717) is 0 Å². The highest BCUT2D eigenvalue weighted by atomic mass is 16.5. The van der Waals surface area contributed by atoms with Gasteiger partial charge in [-0.25, -0.2) is 0 Å². The monoisotopic (exact) mass is 353 g/mol. The predicted molar refractivity (Wildman–Crippen MR) is 109 cm³/mol. The molecule has 0 unspecified atom stereocenters. The van der Waals surface area contributed by atoms with Crippen LogP contribution in [-0.4, -0.2) is 17.3 Å². The first kappa shape index (κ1) is 16.8. The standard InChI is InChI=1S/C23H19N3O/c1-27-21-14-8-9-18(17-21)22-15-16-24-25-23(22)26(19-10-4-2-5-11-19)20-12-6-3-7-13-20/h2-17H,1H3. The van der Waals surface area contributed by atoms with Crippen LogP contribution in [0.15, 0.2) is 97.2 Å². The Labute approximate surface area is 158 Å². The molecule has 132 valence electrons. The first-order valence-corrected chi connectivity index (χ1v) is 8.73. The van der Waals surface area contributed by atoms with Crippen molar-refractivity contribution in [3.05, 3.63) is 97.2 Å². The second-order valence-corrected chi connectivity index (χ2v) is 6.01. The number of ether oxygens (including phenoxy) is 1. The normalized spacial score (nSPS) is 10.4. The zero-order valence-electron chi connectivity index (χ0n) is 15.0. The lowest BCUT2D eigenvalue weighted by atomic mass is 10.1. The largest absolute Gasteiger partial charge is 0.497 e. The van der Waals surface area contributed by atoms with E-state index in [9.17, 15) is 0 Å². The van der Waals surface area contributed by atoms with Crippen LogP contribution < -0.4 is 9.64 Å². The van der Waals surface area contributed by atoms with Crippen LogP contribution in [-0.2, 0) is 0 Å². The Hall–Kier alpha value is -3.66. The van der Waals surface area contributed by atoms with Crippen molar-refractivity contribution in [2.24, 2.45) is 0 Å². The van der Waals surface area contributed by atoms with Crippen LogP contribution in [0, 0.1) is 0 Å². The highest BCUT2D eigenvalue weighted by Gasteiger charge is 2.18. The molecule has 4 aromatic rings. The highest BCUT2D eigenvalue weighted by Crippen LogP contribution is 2.39. The number of hydrogen-bond acceptors (Lipinski definition) is 4. The zero-order valence-corrected chi connectivity index (χ0v) is 15.0. The number of para-hydroxylation sites is 2. The SMILES string of the molecule is COc1cccc(-c2ccnnc2N(c2ccccc2)c2ccccc2)c1. The summed E-state index contributed by atoms with van der Waals surface area (Å²) >= 11 is 0. The van der Waals surface area contributed by atoms with Gasteiger partial charge in [0.1, 0.15) is 5.75 Å². The molecule has 4 rings (SSSR count). The van der Waals surface area contributed by atoms with Crippen LogP contribution in [0.4, 0.5) is 17.2 Å². The van der Waals surface area contributed by atoms with E-state index in [2.05, 4.69) is 45.4 Å². The van der Waals surface area contributed by atoms with Gasteiger partial charge in [-0.1, -0.05) is 48.5 Å². The summed E-state index contributed by atoms with van der Waals surface area (Å²) in [5, 5.41) is 8.66. The Morgan fingerprint density at radius 3 is 2.04 bits per heavy atom. The van der Waals surface area contributed by atoms with Crippen LogP contribution in [0.3, 0.4) is 0 Å². The molecule has 0 saturated carbocycles. The third kappa shape index (κ3) is 3.51. The van der Waals surface area contributed by atoms with Crippen LogP contribution in [0.25, 0.3) is 11.1 Å². The molecule has 27 heavy (non-hydrogen) atoms. The minimum Gasteiger partial charge on any atom is -0.497 e. The summed E-state index contributed by atoms with van der Waals surface area (Å²) in [6, 6.07) is 30.3. The van der Waals surface area contributed by atoms with Crippen LogP contribution in [0.1, 0.15) is 0 Å². The van der Waals surface area contributed by atoms with Gasteiger partial charge in [0, 0.05) is 16.9 Å². The molecule has 0 bridgehead atoms. The van der Waals surface area contributed by atoms with Crippen molar-refractivity contribution in [3.63, 3.8) is 0 Å². The minimum atomic E-state index is 0.767. The average Bonchev–Trinajstić information content (AvgIpc) is 2.76. The van der Waals surface area contributed by atoms with E-state index in [1.54, 1.807) is 13.3 Å². The Morgan fingerprint density at radius 1 is 0.741 bits per heavy atom. The number of rotatable bonds is 5. The molecule has 0 aliphatic carbocycles. The summed E-state index contributed by atoms with van der Waals surface area (Å²) in [6.07, 6.45) is 1.71. The molecule has 0 radical (unpaired) electrons. The Morgan fingerprint density at radius 2 is 1.41 bits per heavy atom. The Bertz CT molecular complexity index is 980. The zero-order chi connectivity index (χ0) is 18.5. The maximum Gasteiger partial charge on any atom is 0.168 e. The smallest absolute Gasteiger partial charge is 0.168 e. The third-order valence-corrected chi connectivity index (χ3v) is 4.32. The molecule has 4 heteroatoms. The number of methoxy groups -OCH3 is 1. The number of nitrogens with zero attached hydrogens (tertiary/aromatic N) is 3. The molecule has 3 aromatic carbocycles. The average molecular weight is 353 g/mol. The van der Waals surface area contributed by atoms with Crippen LogP contribution >= 0.6 is 0 Å². The van der Waals surface area contributed by atoms with Crippen LogP contribution in [0.2, 0.25) is 0 Å². The fraction of sp³-hybridized carbons (Fsp3) is 0.0435. The quantitative estimate of drug-likeness (QED) is 0.466. The van der Waals surface area contributed by atoms with Gasteiger partial charge in [-0.15, -0.1) is 5.10 Å². The second-order valence-electron chi connectivity index (χ2n) is 6.01. The van der Waals surface area contributed by atoms with E-state index in [-0.39, 0.29) is 0 Å². The van der Waals surface area contributed by atoms with E-state index in [1.165, 1.54) is 0 Å². The van der Waals surface area contributed by atoms with Crippen molar-refractivity contribution in [1.29, 1.82) is 0 Å². The second kappa shape index (κ2) is 7.70. The molecule has 1 heterocycles. The van der Waals surface area contributed by atoms with Gasteiger partial charge in [-0.2, -0.15) is 5.10 Å². The maximum absolute atomic E-state index is 5.40. The van der Waals surface area contributed by atoms with Crippen molar-refractivity contribution in [2.75, 3.05) is 12.0 Å². The van der Waals surface area contributed by atoms with Crippen molar-refractivity contribution >= 4 is 17.2 Å². The first-order valence-electron chi connectivity index (χ1n) is 8.73. The van der Waals surface area contributed by atoms with Gasteiger partial charge in [0.15, 0.2) is 5.82 Å². The minimum absolute atomic E-state index is 0.767. The predicted octanol–water partition coefficient (Wildman–Crippen LogP) is 5.62. The van der Waals surface area contributed by atoms with Crippen molar-refractivity contribution in [2.45, 2.75) is 0 Å². The van der Waals surface area contributed by atoms with Gasteiger partial charge < -0.3 is 4.74 Å². The molecule has 0 saturated heterocycles. The van der Waals surface area contributed by atoms with Crippen molar-refractivity contribution in [1.82, 2.24) is 10.2 Å². The van der Waals surface area contributed by atoms with E-state index < -0.39 is 0 Å². The van der Waals surface area contributed by atoms with E-state index in [0.717, 1.165) is 34.1 Å². The van der Waals surface area contributed by atoms with E-state index in [1.807, 2.05) is 60.7 Å². The molecule has 0 aliphatic heterocycles. The lowest BCUT2D eigenvalue weighted by molar-refractivity contribution is 0.415. The molecule has 0 spiro atoms. The molecule has 4 nitrogen and oxygen atoms in total. The summed E-state index contributed by atoms with van der Waals surface area (Å²) in [6.45, 7) is 0. The third-order valence-electron chi connectivity index (χ3n) is 4.32. The van der Waals surface area contributed by atoms with Gasteiger partial charge in [0.25, 0.3) is 0 Å². The molecule has 0 atom stereocenters.